The van der Waals surface area contributed by atoms with Crippen LogP contribution < -0.4 is 0 Å². The van der Waals surface area contributed by atoms with Gasteiger partial charge in [0.15, 0.2) is 16.6 Å². The molecule has 0 atom stereocenters. The summed E-state index contributed by atoms with van der Waals surface area (Å²) < 4.78 is 1.90. The van der Waals surface area contributed by atoms with Gasteiger partial charge in [0.05, 0.1) is 17.0 Å². The highest BCUT2D eigenvalue weighted by Gasteiger charge is 2.11. The number of rotatable bonds is 4. The van der Waals surface area contributed by atoms with Crippen LogP contribution in [0.4, 0.5) is 0 Å². The van der Waals surface area contributed by atoms with Crippen LogP contribution in [0.5, 0.6) is 0 Å². The summed E-state index contributed by atoms with van der Waals surface area (Å²) in [6.07, 6.45) is 0. The SMILES string of the molecule is Cc1nc2nc(SCC(=O)c3ccc(Br)cc3)[nH]c2cc1Br. The zero-order valence-corrected chi connectivity index (χ0v) is 15.5. The van der Waals surface area contributed by atoms with Crippen LogP contribution in [0.2, 0.25) is 0 Å². The lowest BCUT2D eigenvalue weighted by Gasteiger charge is -1.99. The molecule has 0 spiro atoms. The number of imidazole rings is 1. The molecule has 1 aromatic carbocycles. The minimum absolute atomic E-state index is 0.0725. The molecular weight excluding hydrogens is 430 g/mol. The lowest BCUT2D eigenvalue weighted by Crippen LogP contribution is -2.02. The first-order valence-electron chi connectivity index (χ1n) is 6.47. The average molecular weight is 441 g/mol. The molecule has 0 saturated heterocycles. The van der Waals surface area contributed by atoms with Crippen LogP contribution in [0.3, 0.4) is 0 Å². The summed E-state index contributed by atoms with van der Waals surface area (Å²) >= 11 is 8.19. The van der Waals surface area contributed by atoms with E-state index < -0.39 is 0 Å². The molecule has 3 rings (SSSR count). The summed E-state index contributed by atoms with van der Waals surface area (Å²) in [5.74, 6) is 0.407. The third-order valence-corrected chi connectivity index (χ3v) is 5.29. The van der Waals surface area contributed by atoms with Gasteiger partial charge in [0, 0.05) is 14.5 Å². The summed E-state index contributed by atoms with van der Waals surface area (Å²) in [6, 6.07) is 9.30. The molecule has 3 aromatic rings. The topological polar surface area (TPSA) is 58.6 Å². The van der Waals surface area contributed by atoms with Gasteiger partial charge in [-0.1, -0.05) is 39.8 Å². The Kier molecular flexibility index (Phi) is 4.65. The summed E-state index contributed by atoms with van der Waals surface area (Å²) in [4.78, 5) is 24.1. The van der Waals surface area contributed by atoms with Gasteiger partial charge < -0.3 is 4.98 Å². The first-order valence-corrected chi connectivity index (χ1v) is 9.04. The number of pyridine rings is 1. The van der Waals surface area contributed by atoms with E-state index in [2.05, 4.69) is 46.8 Å². The molecule has 2 heterocycles. The number of aromatic nitrogens is 3. The van der Waals surface area contributed by atoms with Crippen LogP contribution in [0.1, 0.15) is 16.1 Å². The molecule has 112 valence electrons. The number of fused-ring (bicyclic) bond motifs is 1. The highest BCUT2D eigenvalue weighted by molar-refractivity contribution is 9.10. The van der Waals surface area contributed by atoms with Gasteiger partial charge >= 0.3 is 0 Å². The number of halogens is 2. The minimum atomic E-state index is 0.0725. The van der Waals surface area contributed by atoms with E-state index in [9.17, 15) is 4.79 Å². The maximum absolute atomic E-state index is 12.2. The van der Waals surface area contributed by atoms with Crippen molar-refractivity contribution in [3.05, 3.63) is 50.5 Å². The lowest BCUT2D eigenvalue weighted by atomic mass is 10.2. The molecule has 0 amide bonds. The minimum Gasteiger partial charge on any atom is -0.331 e. The van der Waals surface area contributed by atoms with E-state index in [1.807, 2.05) is 37.3 Å². The van der Waals surface area contributed by atoms with Crippen molar-refractivity contribution >= 4 is 60.6 Å². The van der Waals surface area contributed by atoms with E-state index in [4.69, 9.17) is 0 Å². The molecule has 7 heteroatoms. The van der Waals surface area contributed by atoms with Gasteiger partial charge in [0.1, 0.15) is 0 Å². The molecule has 0 aliphatic rings. The number of H-pyrrole nitrogens is 1. The zero-order valence-electron chi connectivity index (χ0n) is 11.6. The molecule has 0 aliphatic heterocycles. The second-order valence-electron chi connectivity index (χ2n) is 4.69. The number of carbonyl (C=O) groups is 1. The van der Waals surface area contributed by atoms with Gasteiger partial charge in [-0.2, -0.15) is 0 Å². The fourth-order valence-corrected chi connectivity index (χ4v) is 3.26. The smallest absolute Gasteiger partial charge is 0.178 e. The number of nitrogens with one attached hydrogen (secondary N) is 1. The Labute approximate surface area is 148 Å². The lowest BCUT2D eigenvalue weighted by molar-refractivity contribution is 0.102. The number of benzene rings is 1. The van der Waals surface area contributed by atoms with E-state index >= 15 is 0 Å². The molecule has 0 unspecified atom stereocenters. The van der Waals surface area contributed by atoms with Gasteiger partial charge in [0.2, 0.25) is 0 Å². The normalized spacial score (nSPS) is 11.0. The quantitative estimate of drug-likeness (QED) is 0.469. The van der Waals surface area contributed by atoms with Crippen molar-refractivity contribution in [1.29, 1.82) is 0 Å². The second-order valence-corrected chi connectivity index (χ2v) is 7.42. The molecule has 22 heavy (non-hydrogen) atoms. The van der Waals surface area contributed by atoms with Crippen LogP contribution in [-0.2, 0) is 0 Å². The average Bonchev–Trinajstić information content (AvgIpc) is 2.88. The molecular formula is C15H11Br2N3OS. The van der Waals surface area contributed by atoms with E-state index in [0.717, 1.165) is 20.2 Å². The van der Waals surface area contributed by atoms with E-state index in [-0.39, 0.29) is 5.78 Å². The van der Waals surface area contributed by atoms with Crippen LogP contribution in [0, 0.1) is 6.92 Å². The van der Waals surface area contributed by atoms with Gasteiger partial charge in [-0.05, 0) is 41.1 Å². The van der Waals surface area contributed by atoms with Crippen LogP contribution in [0.25, 0.3) is 11.2 Å². The monoisotopic (exact) mass is 439 g/mol. The predicted molar refractivity (Wildman–Crippen MR) is 95.5 cm³/mol. The molecule has 4 nitrogen and oxygen atoms in total. The Morgan fingerprint density at radius 3 is 2.68 bits per heavy atom. The summed E-state index contributed by atoms with van der Waals surface area (Å²) in [7, 11) is 0. The number of hydrogen-bond acceptors (Lipinski definition) is 4. The zero-order chi connectivity index (χ0) is 15.7. The van der Waals surface area contributed by atoms with Crippen molar-refractivity contribution in [1.82, 2.24) is 15.0 Å². The number of carbonyl (C=O) groups excluding carboxylic acids is 1. The number of Topliss-reactive ketones (excluding diaryl/α,β-unsaturated/α-hetero) is 1. The Balaban J connectivity index is 1.73. The largest absolute Gasteiger partial charge is 0.331 e. The molecule has 0 fully saturated rings. The van der Waals surface area contributed by atoms with Crippen molar-refractivity contribution in [2.75, 3.05) is 5.75 Å². The second kappa shape index (κ2) is 6.52. The van der Waals surface area contributed by atoms with E-state index in [0.29, 0.717) is 22.1 Å². The van der Waals surface area contributed by atoms with Crippen molar-refractivity contribution in [3.63, 3.8) is 0 Å². The highest BCUT2D eigenvalue weighted by Crippen LogP contribution is 2.23. The summed E-state index contributed by atoms with van der Waals surface area (Å²) in [6.45, 7) is 1.92. The number of thioether (sulfide) groups is 1. The number of hydrogen-bond donors (Lipinski definition) is 1. The molecule has 0 bridgehead atoms. The molecule has 2 aromatic heterocycles. The summed E-state index contributed by atoms with van der Waals surface area (Å²) in [5, 5.41) is 0.700. The van der Waals surface area contributed by atoms with Crippen molar-refractivity contribution < 1.29 is 4.79 Å². The first-order chi connectivity index (χ1) is 10.5. The Bertz CT molecular complexity index is 807. The van der Waals surface area contributed by atoms with Crippen LogP contribution in [0.15, 0.2) is 44.4 Å². The Hall–Kier alpha value is -1.18. The summed E-state index contributed by atoms with van der Waals surface area (Å²) in [5.41, 5.74) is 3.11. The Morgan fingerprint density at radius 1 is 1.23 bits per heavy atom. The van der Waals surface area contributed by atoms with Gasteiger partial charge in [-0.3, -0.25) is 4.79 Å². The van der Waals surface area contributed by atoms with Crippen molar-refractivity contribution in [3.8, 4) is 0 Å². The Morgan fingerprint density at radius 2 is 1.95 bits per heavy atom. The molecule has 1 N–H and O–H groups in total. The van der Waals surface area contributed by atoms with Crippen LogP contribution in [-0.4, -0.2) is 26.5 Å². The third kappa shape index (κ3) is 3.42. The van der Waals surface area contributed by atoms with Crippen molar-refractivity contribution in [2.24, 2.45) is 0 Å². The van der Waals surface area contributed by atoms with E-state index in [1.165, 1.54) is 11.8 Å². The highest BCUT2D eigenvalue weighted by atomic mass is 79.9. The van der Waals surface area contributed by atoms with E-state index in [1.54, 1.807) is 0 Å². The first kappa shape index (κ1) is 15.7. The van der Waals surface area contributed by atoms with Crippen LogP contribution >= 0.6 is 43.6 Å². The molecule has 0 radical (unpaired) electrons. The molecule has 0 saturated carbocycles. The number of aromatic amines is 1. The fraction of sp³-hybridized carbons (Fsp3) is 0.133. The number of nitrogens with zero attached hydrogens (tertiary/aromatic N) is 2. The van der Waals surface area contributed by atoms with Gasteiger partial charge in [-0.25, -0.2) is 9.97 Å². The predicted octanol–water partition coefficient (Wildman–Crippen LogP) is 4.77. The maximum Gasteiger partial charge on any atom is 0.178 e. The standard InChI is InChI=1S/C15H11Br2N3OS/c1-8-11(17)6-12-14(18-8)20-15(19-12)22-7-13(21)9-2-4-10(16)5-3-9/h2-6H,7H2,1H3,(H,18,19,20). The number of ketones is 1. The molecule has 0 aliphatic carbocycles. The van der Waals surface area contributed by atoms with Gasteiger partial charge in [0.25, 0.3) is 0 Å². The third-order valence-electron chi connectivity index (χ3n) is 3.09. The number of aryl methyl sites for hydroxylation is 1. The van der Waals surface area contributed by atoms with Crippen molar-refractivity contribution in [2.45, 2.75) is 12.1 Å². The fourth-order valence-electron chi connectivity index (χ4n) is 1.91. The van der Waals surface area contributed by atoms with Gasteiger partial charge in [-0.15, -0.1) is 0 Å². The maximum atomic E-state index is 12.2.